The fourth-order valence-corrected chi connectivity index (χ4v) is 2.73. The van der Waals surface area contributed by atoms with Crippen molar-refractivity contribution in [2.75, 3.05) is 13.1 Å². The molecule has 2 aromatic rings. The Labute approximate surface area is 100 Å². The predicted molar refractivity (Wildman–Crippen MR) is 67.3 cm³/mol. The number of phenols is 1. The summed E-state index contributed by atoms with van der Waals surface area (Å²) in [7, 11) is 0. The number of piperidine rings is 1. The maximum atomic E-state index is 9.61. The highest BCUT2D eigenvalue weighted by molar-refractivity contribution is 5.77. The van der Waals surface area contributed by atoms with Crippen LogP contribution in [0.5, 0.6) is 5.75 Å². The molecule has 0 saturated carbocycles. The Bertz CT molecular complexity index is 541. The zero-order valence-corrected chi connectivity index (χ0v) is 9.98. The van der Waals surface area contributed by atoms with Crippen LogP contribution < -0.4 is 5.32 Å². The second-order valence-electron chi connectivity index (χ2n) is 4.68. The van der Waals surface area contributed by atoms with E-state index in [4.69, 9.17) is 0 Å². The third kappa shape index (κ3) is 1.78. The molecule has 0 spiro atoms. The number of aromatic nitrogens is 2. The molecular formula is C13H17N3O. The average Bonchev–Trinajstić information content (AvgIpc) is 2.65. The Morgan fingerprint density at radius 2 is 2.12 bits per heavy atom. The highest BCUT2D eigenvalue weighted by Crippen LogP contribution is 2.28. The second-order valence-corrected chi connectivity index (χ2v) is 4.68. The van der Waals surface area contributed by atoms with Crippen LogP contribution in [0.1, 0.15) is 24.7 Å². The summed E-state index contributed by atoms with van der Waals surface area (Å²) < 4.78 is 2.27. The molecule has 0 radical (unpaired) electrons. The van der Waals surface area contributed by atoms with Gasteiger partial charge in [0, 0.05) is 12.1 Å². The van der Waals surface area contributed by atoms with Gasteiger partial charge < -0.3 is 15.0 Å². The van der Waals surface area contributed by atoms with E-state index in [0.29, 0.717) is 11.8 Å². The van der Waals surface area contributed by atoms with Crippen LogP contribution in [-0.2, 0) is 0 Å². The number of hydrogen-bond donors (Lipinski definition) is 2. The lowest BCUT2D eigenvalue weighted by Crippen LogP contribution is -2.29. The van der Waals surface area contributed by atoms with Crippen molar-refractivity contribution in [1.82, 2.24) is 14.9 Å². The minimum absolute atomic E-state index is 0.313. The molecule has 1 fully saturated rings. The third-order valence-electron chi connectivity index (χ3n) is 3.52. The van der Waals surface area contributed by atoms with E-state index in [9.17, 15) is 5.11 Å². The van der Waals surface area contributed by atoms with Crippen molar-refractivity contribution in [2.45, 2.75) is 25.8 Å². The molecular weight excluding hydrogens is 214 g/mol. The first-order valence-corrected chi connectivity index (χ1v) is 6.14. The molecule has 0 atom stereocenters. The van der Waals surface area contributed by atoms with Crippen molar-refractivity contribution >= 4 is 11.0 Å². The molecule has 1 saturated heterocycles. The molecule has 4 nitrogen and oxygen atoms in total. The number of benzene rings is 1. The third-order valence-corrected chi connectivity index (χ3v) is 3.52. The number of nitrogens with zero attached hydrogens (tertiary/aromatic N) is 2. The van der Waals surface area contributed by atoms with Crippen LogP contribution in [0.15, 0.2) is 18.2 Å². The van der Waals surface area contributed by atoms with Gasteiger partial charge >= 0.3 is 0 Å². The summed E-state index contributed by atoms with van der Waals surface area (Å²) in [5, 5.41) is 13.0. The Hall–Kier alpha value is -1.55. The Kier molecular flexibility index (Phi) is 2.52. The maximum absolute atomic E-state index is 9.61. The number of rotatable bonds is 1. The Morgan fingerprint density at radius 1 is 1.35 bits per heavy atom. The number of imidazole rings is 1. The van der Waals surface area contributed by atoms with Gasteiger partial charge in [-0.15, -0.1) is 0 Å². The minimum atomic E-state index is 0.313. The van der Waals surface area contributed by atoms with Gasteiger partial charge in [0.1, 0.15) is 11.6 Å². The minimum Gasteiger partial charge on any atom is -0.508 e. The van der Waals surface area contributed by atoms with Gasteiger partial charge in [0.2, 0.25) is 0 Å². The van der Waals surface area contributed by atoms with Crippen molar-refractivity contribution in [1.29, 1.82) is 0 Å². The van der Waals surface area contributed by atoms with Crippen LogP contribution in [0.3, 0.4) is 0 Å². The summed E-state index contributed by atoms with van der Waals surface area (Å²) in [6, 6.07) is 5.90. The van der Waals surface area contributed by atoms with Gasteiger partial charge in [0.25, 0.3) is 0 Å². The number of phenolic OH excluding ortho intramolecular Hbond substituents is 1. The first-order valence-electron chi connectivity index (χ1n) is 6.14. The van der Waals surface area contributed by atoms with Crippen molar-refractivity contribution in [2.24, 2.45) is 0 Å². The van der Waals surface area contributed by atoms with Crippen LogP contribution in [0, 0.1) is 6.92 Å². The van der Waals surface area contributed by atoms with Gasteiger partial charge in [-0.05, 0) is 45.0 Å². The molecule has 1 aliphatic rings. The summed E-state index contributed by atoms with van der Waals surface area (Å²) in [5.41, 5.74) is 2.02. The second kappa shape index (κ2) is 4.04. The van der Waals surface area contributed by atoms with Crippen molar-refractivity contribution in [3.63, 3.8) is 0 Å². The first kappa shape index (κ1) is 10.6. The lowest BCUT2D eigenvalue weighted by Gasteiger charge is -2.25. The summed E-state index contributed by atoms with van der Waals surface area (Å²) >= 11 is 0. The van der Waals surface area contributed by atoms with Gasteiger partial charge in [-0.25, -0.2) is 4.98 Å². The van der Waals surface area contributed by atoms with Crippen LogP contribution in [0.4, 0.5) is 0 Å². The lowest BCUT2D eigenvalue weighted by molar-refractivity contribution is 0.369. The lowest BCUT2D eigenvalue weighted by atomic mass is 10.1. The topological polar surface area (TPSA) is 50.1 Å². The number of aryl methyl sites for hydroxylation is 1. The number of aromatic hydroxyl groups is 1. The average molecular weight is 231 g/mol. The molecule has 3 rings (SSSR count). The largest absolute Gasteiger partial charge is 0.508 e. The van der Waals surface area contributed by atoms with E-state index in [-0.39, 0.29) is 0 Å². The van der Waals surface area contributed by atoms with E-state index in [2.05, 4.69) is 14.9 Å². The highest BCUT2D eigenvalue weighted by Gasteiger charge is 2.19. The van der Waals surface area contributed by atoms with Gasteiger partial charge in [0.05, 0.1) is 11.0 Å². The standard InChI is InChI=1S/C13H17N3O/c1-9-15-12-3-2-11(17)8-13(12)16(9)10-4-6-14-7-5-10/h2-3,8,10,14,17H,4-7H2,1H3. The number of nitrogens with one attached hydrogen (secondary N) is 1. The monoisotopic (exact) mass is 231 g/mol. The predicted octanol–water partition coefficient (Wildman–Crippen LogP) is 1.97. The van der Waals surface area contributed by atoms with Crippen LogP contribution >= 0.6 is 0 Å². The Balaban J connectivity index is 2.13. The molecule has 17 heavy (non-hydrogen) atoms. The van der Waals surface area contributed by atoms with Crippen LogP contribution in [-0.4, -0.2) is 27.7 Å². The van der Waals surface area contributed by atoms with Crippen molar-refractivity contribution < 1.29 is 5.11 Å². The number of fused-ring (bicyclic) bond motifs is 1. The van der Waals surface area contributed by atoms with E-state index in [1.54, 1.807) is 6.07 Å². The van der Waals surface area contributed by atoms with E-state index in [1.807, 2.05) is 19.1 Å². The van der Waals surface area contributed by atoms with E-state index < -0.39 is 0 Å². The summed E-state index contributed by atoms with van der Waals surface area (Å²) in [6.45, 7) is 4.16. The molecule has 2 N–H and O–H groups in total. The zero-order chi connectivity index (χ0) is 11.8. The van der Waals surface area contributed by atoms with Crippen molar-refractivity contribution in [3.8, 4) is 5.75 Å². The highest BCUT2D eigenvalue weighted by atomic mass is 16.3. The molecule has 1 aromatic heterocycles. The molecule has 0 unspecified atom stereocenters. The number of hydrogen-bond acceptors (Lipinski definition) is 3. The van der Waals surface area contributed by atoms with Gasteiger partial charge in [-0.3, -0.25) is 0 Å². The van der Waals surface area contributed by atoms with Crippen LogP contribution in [0.25, 0.3) is 11.0 Å². The molecule has 2 heterocycles. The first-order chi connectivity index (χ1) is 8.25. The molecule has 0 aliphatic carbocycles. The van der Waals surface area contributed by atoms with Gasteiger partial charge in [0.15, 0.2) is 0 Å². The van der Waals surface area contributed by atoms with Crippen molar-refractivity contribution in [3.05, 3.63) is 24.0 Å². The quantitative estimate of drug-likeness (QED) is 0.789. The SMILES string of the molecule is Cc1nc2ccc(O)cc2n1C1CCNCC1. The fraction of sp³-hybridized carbons (Fsp3) is 0.462. The molecule has 0 bridgehead atoms. The zero-order valence-electron chi connectivity index (χ0n) is 9.98. The Morgan fingerprint density at radius 3 is 2.88 bits per heavy atom. The summed E-state index contributed by atoms with van der Waals surface area (Å²) in [4.78, 5) is 4.56. The molecule has 1 aliphatic heterocycles. The van der Waals surface area contributed by atoms with Gasteiger partial charge in [-0.1, -0.05) is 0 Å². The molecule has 4 heteroatoms. The van der Waals surface area contributed by atoms with E-state index in [0.717, 1.165) is 42.8 Å². The smallest absolute Gasteiger partial charge is 0.117 e. The maximum Gasteiger partial charge on any atom is 0.117 e. The molecule has 1 aromatic carbocycles. The normalized spacial score (nSPS) is 17.7. The fourth-order valence-electron chi connectivity index (χ4n) is 2.73. The molecule has 0 amide bonds. The summed E-state index contributed by atoms with van der Waals surface area (Å²) in [5.74, 6) is 1.35. The van der Waals surface area contributed by atoms with E-state index in [1.165, 1.54) is 0 Å². The van der Waals surface area contributed by atoms with E-state index >= 15 is 0 Å². The summed E-state index contributed by atoms with van der Waals surface area (Å²) in [6.07, 6.45) is 2.25. The van der Waals surface area contributed by atoms with Crippen LogP contribution in [0.2, 0.25) is 0 Å². The molecule has 90 valence electrons. The van der Waals surface area contributed by atoms with Gasteiger partial charge in [-0.2, -0.15) is 0 Å².